The number of carbonyl (C=O) groups is 2. The molecule has 2 aromatic carbocycles. The molecule has 0 bridgehead atoms. The summed E-state index contributed by atoms with van der Waals surface area (Å²) in [5.74, 6) is -0.128. The summed E-state index contributed by atoms with van der Waals surface area (Å²) >= 11 is 6.21. The highest BCUT2D eigenvalue weighted by Gasteiger charge is 2.38. The number of nitrogens with zero attached hydrogens (tertiary/aromatic N) is 1. The van der Waals surface area contributed by atoms with Crippen LogP contribution in [0.4, 0.5) is 0 Å². The molecular weight excluding hydrogens is 362 g/mol. The Bertz CT molecular complexity index is 942. The topological polar surface area (TPSA) is 46.6 Å². The van der Waals surface area contributed by atoms with Crippen LogP contribution >= 0.6 is 11.6 Å². The first-order valence-electron chi connectivity index (χ1n) is 8.82. The Kier molecular flexibility index (Phi) is 5.38. The molecule has 0 saturated heterocycles. The van der Waals surface area contributed by atoms with Crippen LogP contribution in [-0.2, 0) is 9.59 Å². The normalized spacial score (nSPS) is 14.3. The van der Waals surface area contributed by atoms with Crippen LogP contribution in [0, 0.1) is 27.7 Å². The SMILES string of the molecule is Cc1cc(C)cc(OCCN2C(=O)C(Cl)=C(c3ccc(C)c(C)c3)C2=O)c1. The minimum Gasteiger partial charge on any atom is -0.492 e. The summed E-state index contributed by atoms with van der Waals surface area (Å²) in [7, 11) is 0. The fraction of sp³-hybridized carbons (Fsp3) is 0.273. The second kappa shape index (κ2) is 7.57. The third-order valence-electron chi connectivity index (χ3n) is 4.69. The molecule has 0 radical (unpaired) electrons. The van der Waals surface area contributed by atoms with Crippen molar-refractivity contribution in [3.63, 3.8) is 0 Å². The molecule has 1 heterocycles. The van der Waals surface area contributed by atoms with Crippen molar-refractivity contribution in [2.24, 2.45) is 0 Å². The van der Waals surface area contributed by atoms with Crippen LogP contribution in [0.2, 0.25) is 0 Å². The lowest BCUT2D eigenvalue weighted by Gasteiger charge is -2.16. The van der Waals surface area contributed by atoms with Gasteiger partial charge in [0.05, 0.1) is 12.1 Å². The minimum atomic E-state index is -0.473. The molecule has 0 aromatic heterocycles. The molecule has 1 aliphatic rings. The van der Waals surface area contributed by atoms with Gasteiger partial charge in [-0.05, 0) is 67.6 Å². The summed E-state index contributed by atoms with van der Waals surface area (Å²) in [4.78, 5) is 26.4. The van der Waals surface area contributed by atoms with Gasteiger partial charge >= 0.3 is 0 Å². The van der Waals surface area contributed by atoms with Crippen molar-refractivity contribution >= 4 is 29.0 Å². The van der Waals surface area contributed by atoms with Gasteiger partial charge < -0.3 is 4.74 Å². The molecule has 5 heteroatoms. The quantitative estimate of drug-likeness (QED) is 0.722. The van der Waals surface area contributed by atoms with Gasteiger partial charge in [-0.25, -0.2) is 0 Å². The highest BCUT2D eigenvalue weighted by Crippen LogP contribution is 2.32. The van der Waals surface area contributed by atoms with Crippen molar-refractivity contribution in [3.05, 3.63) is 69.2 Å². The number of hydrogen-bond donors (Lipinski definition) is 0. The molecule has 27 heavy (non-hydrogen) atoms. The van der Waals surface area contributed by atoms with Gasteiger partial charge in [0, 0.05) is 0 Å². The molecule has 0 fully saturated rings. The van der Waals surface area contributed by atoms with E-state index in [1.54, 1.807) is 0 Å². The fourth-order valence-electron chi connectivity index (χ4n) is 3.17. The summed E-state index contributed by atoms with van der Waals surface area (Å²) in [5, 5.41) is -0.0327. The van der Waals surface area contributed by atoms with Gasteiger partial charge in [-0.15, -0.1) is 0 Å². The van der Waals surface area contributed by atoms with E-state index in [1.165, 1.54) is 0 Å². The summed E-state index contributed by atoms with van der Waals surface area (Å²) < 4.78 is 5.73. The van der Waals surface area contributed by atoms with E-state index in [1.807, 2.05) is 58.0 Å². The van der Waals surface area contributed by atoms with E-state index in [0.717, 1.165) is 32.9 Å². The average Bonchev–Trinajstić information content (AvgIpc) is 2.80. The number of amides is 2. The highest BCUT2D eigenvalue weighted by molar-refractivity contribution is 6.55. The van der Waals surface area contributed by atoms with Gasteiger partial charge in [0.1, 0.15) is 17.4 Å². The second-order valence-corrected chi connectivity index (χ2v) is 7.30. The number of rotatable bonds is 5. The van der Waals surface area contributed by atoms with Crippen LogP contribution in [0.15, 0.2) is 41.4 Å². The van der Waals surface area contributed by atoms with Crippen LogP contribution in [0.1, 0.15) is 27.8 Å². The number of ether oxygens (including phenoxy) is 1. The number of carbonyl (C=O) groups excluding carboxylic acids is 2. The van der Waals surface area contributed by atoms with E-state index < -0.39 is 5.91 Å². The molecule has 0 N–H and O–H groups in total. The van der Waals surface area contributed by atoms with Gasteiger partial charge in [0.2, 0.25) is 0 Å². The van der Waals surface area contributed by atoms with Crippen LogP contribution in [0.3, 0.4) is 0 Å². The number of imide groups is 1. The maximum absolute atomic E-state index is 12.8. The Hall–Kier alpha value is -2.59. The van der Waals surface area contributed by atoms with Crippen molar-refractivity contribution in [2.75, 3.05) is 13.2 Å². The standard InChI is InChI=1S/C22H22ClNO3/c1-13-9-14(2)11-18(10-13)27-8-7-24-21(25)19(20(23)22(24)26)17-6-5-15(3)16(4)12-17/h5-6,9-12H,7-8H2,1-4H3. The molecule has 140 valence electrons. The Morgan fingerprint density at radius 3 is 2.19 bits per heavy atom. The third kappa shape index (κ3) is 3.91. The maximum Gasteiger partial charge on any atom is 0.273 e. The number of benzene rings is 2. The Morgan fingerprint density at radius 1 is 0.889 bits per heavy atom. The van der Waals surface area contributed by atoms with E-state index >= 15 is 0 Å². The molecule has 3 rings (SSSR count). The van der Waals surface area contributed by atoms with Gasteiger partial charge in [0.15, 0.2) is 0 Å². The third-order valence-corrected chi connectivity index (χ3v) is 5.04. The molecule has 0 aliphatic carbocycles. The molecule has 0 spiro atoms. The first-order valence-corrected chi connectivity index (χ1v) is 9.20. The lowest BCUT2D eigenvalue weighted by Crippen LogP contribution is -2.35. The summed E-state index contributed by atoms with van der Waals surface area (Å²) in [6, 6.07) is 11.5. The van der Waals surface area contributed by atoms with Crippen molar-refractivity contribution in [3.8, 4) is 5.75 Å². The molecular formula is C22H22ClNO3. The van der Waals surface area contributed by atoms with E-state index in [9.17, 15) is 9.59 Å². The molecule has 0 atom stereocenters. The van der Waals surface area contributed by atoms with Crippen molar-refractivity contribution < 1.29 is 14.3 Å². The summed E-state index contributed by atoms with van der Waals surface area (Å²) in [6.07, 6.45) is 0. The number of hydrogen-bond acceptors (Lipinski definition) is 3. The predicted octanol–water partition coefficient (Wildman–Crippen LogP) is 4.32. The smallest absolute Gasteiger partial charge is 0.273 e. The first-order chi connectivity index (χ1) is 12.8. The van der Waals surface area contributed by atoms with Crippen molar-refractivity contribution in [2.45, 2.75) is 27.7 Å². The maximum atomic E-state index is 12.8. The molecule has 4 nitrogen and oxygen atoms in total. The van der Waals surface area contributed by atoms with Crippen LogP contribution in [0.25, 0.3) is 5.57 Å². The van der Waals surface area contributed by atoms with Crippen molar-refractivity contribution in [1.82, 2.24) is 4.90 Å². The Labute approximate surface area is 164 Å². The first kappa shape index (κ1) is 19.2. The number of aryl methyl sites for hydroxylation is 4. The van der Waals surface area contributed by atoms with Crippen molar-refractivity contribution in [1.29, 1.82) is 0 Å². The summed E-state index contributed by atoms with van der Waals surface area (Å²) in [6.45, 7) is 8.30. The van der Waals surface area contributed by atoms with Crippen LogP contribution in [-0.4, -0.2) is 29.9 Å². The molecule has 0 unspecified atom stereocenters. The van der Waals surface area contributed by atoms with Gasteiger partial charge in [-0.3, -0.25) is 14.5 Å². The zero-order valence-electron chi connectivity index (χ0n) is 15.9. The van der Waals surface area contributed by atoms with Crippen LogP contribution in [0.5, 0.6) is 5.75 Å². The highest BCUT2D eigenvalue weighted by atomic mass is 35.5. The zero-order chi connectivity index (χ0) is 19.7. The van der Waals surface area contributed by atoms with E-state index in [0.29, 0.717) is 5.56 Å². The lowest BCUT2D eigenvalue weighted by atomic mass is 10.0. The Balaban J connectivity index is 1.72. The lowest BCUT2D eigenvalue weighted by molar-refractivity contribution is -0.137. The zero-order valence-corrected chi connectivity index (χ0v) is 16.7. The largest absolute Gasteiger partial charge is 0.492 e. The van der Waals surface area contributed by atoms with Crippen LogP contribution < -0.4 is 4.74 Å². The molecule has 0 saturated carbocycles. The van der Waals surface area contributed by atoms with E-state index in [2.05, 4.69) is 6.07 Å². The molecule has 2 aromatic rings. The molecule has 2 amide bonds. The monoisotopic (exact) mass is 383 g/mol. The molecule has 1 aliphatic heterocycles. The Morgan fingerprint density at radius 2 is 1.56 bits per heavy atom. The van der Waals surface area contributed by atoms with Gasteiger partial charge in [-0.1, -0.05) is 35.9 Å². The van der Waals surface area contributed by atoms with Gasteiger partial charge in [0.25, 0.3) is 11.8 Å². The average molecular weight is 384 g/mol. The van der Waals surface area contributed by atoms with E-state index in [-0.39, 0.29) is 29.7 Å². The van der Waals surface area contributed by atoms with Gasteiger partial charge in [-0.2, -0.15) is 0 Å². The second-order valence-electron chi connectivity index (χ2n) is 6.92. The number of halogens is 1. The predicted molar refractivity (Wildman–Crippen MR) is 107 cm³/mol. The fourth-order valence-corrected chi connectivity index (χ4v) is 3.46. The van der Waals surface area contributed by atoms with E-state index in [4.69, 9.17) is 16.3 Å². The summed E-state index contributed by atoms with van der Waals surface area (Å²) in [5.41, 5.74) is 5.28. The minimum absolute atomic E-state index is 0.0327.